The maximum absolute atomic E-state index is 12.2. The number of ether oxygens (including phenoxy) is 1. The molecule has 4 aliphatic heterocycles. The van der Waals surface area contributed by atoms with Crippen molar-refractivity contribution < 1.29 is 9.53 Å². The van der Waals surface area contributed by atoms with Gasteiger partial charge in [-0.2, -0.15) is 0 Å². The summed E-state index contributed by atoms with van der Waals surface area (Å²) in [4.78, 5) is 14.7. The van der Waals surface area contributed by atoms with E-state index in [1.165, 1.54) is 12.8 Å². The number of nitrogens with one attached hydrogen (secondary N) is 2. The fourth-order valence-corrected chi connectivity index (χ4v) is 4.89. The Bertz CT molecular complexity index is 365. The monoisotopic (exact) mass is 279 g/mol. The molecule has 4 heterocycles. The van der Waals surface area contributed by atoms with Crippen molar-refractivity contribution in [2.75, 3.05) is 32.8 Å². The Kier molecular flexibility index (Phi) is 3.44. The van der Waals surface area contributed by atoms with Crippen LogP contribution in [0.15, 0.2) is 0 Å². The third kappa shape index (κ3) is 2.16. The predicted molar refractivity (Wildman–Crippen MR) is 75.3 cm³/mol. The summed E-state index contributed by atoms with van der Waals surface area (Å²) in [5.41, 5.74) is 0. The lowest BCUT2D eigenvalue weighted by Gasteiger charge is -2.24. The standard InChI is InChI=1S/C15H25N3O2/c19-15(17-6-10-2-1-5-20-10)9-18-13-3-4-14(18)12-8-16-7-11(12)13/h10-14,16H,1-9H2,(H,17,19)/t10?,11-,12+,13-,14+. The number of nitrogens with zero attached hydrogens (tertiary/aromatic N) is 1. The second-order valence-electron chi connectivity index (χ2n) is 6.81. The molecule has 5 heteroatoms. The van der Waals surface area contributed by atoms with E-state index in [4.69, 9.17) is 4.74 Å². The number of fused-ring (bicyclic) bond motifs is 5. The smallest absolute Gasteiger partial charge is 0.234 e. The number of amides is 1. The lowest BCUT2D eigenvalue weighted by molar-refractivity contribution is -0.123. The van der Waals surface area contributed by atoms with E-state index >= 15 is 0 Å². The van der Waals surface area contributed by atoms with Crippen LogP contribution in [0.1, 0.15) is 25.7 Å². The van der Waals surface area contributed by atoms with Gasteiger partial charge < -0.3 is 15.4 Å². The summed E-state index contributed by atoms with van der Waals surface area (Å²) >= 11 is 0. The first-order valence-electron chi connectivity index (χ1n) is 8.17. The predicted octanol–water partition coefficient (Wildman–Crippen LogP) is -0.0362. The average molecular weight is 279 g/mol. The van der Waals surface area contributed by atoms with Gasteiger partial charge in [-0.15, -0.1) is 0 Å². The minimum absolute atomic E-state index is 0.185. The fourth-order valence-electron chi connectivity index (χ4n) is 4.89. The van der Waals surface area contributed by atoms with Gasteiger partial charge in [0.15, 0.2) is 0 Å². The van der Waals surface area contributed by atoms with E-state index in [0.717, 1.165) is 44.4 Å². The van der Waals surface area contributed by atoms with Crippen LogP contribution >= 0.6 is 0 Å². The summed E-state index contributed by atoms with van der Waals surface area (Å²) in [7, 11) is 0. The maximum Gasteiger partial charge on any atom is 0.234 e. The van der Waals surface area contributed by atoms with Gasteiger partial charge in [-0.1, -0.05) is 0 Å². The van der Waals surface area contributed by atoms with Gasteiger partial charge in [0.2, 0.25) is 5.91 Å². The van der Waals surface area contributed by atoms with Crippen LogP contribution in [0.2, 0.25) is 0 Å². The van der Waals surface area contributed by atoms with Crippen molar-refractivity contribution in [1.82, 2.24) is 15.5 Å². The van der Waals surface area contributed by atoms with Gasteiger partial charge in [-0.05, 0) is 50.6 Å². The molecular weight excluding hydrogens is 254 g/mol. The van der Waals surface area contributed by atoms with E-state index in [9.17, 15) is 4.79 Å². The zero-order valence-corrected chi connectivity index (χ0v) is 12.0. The molecule has 2 bridgehead atoms. The number of rotatable bonds is 4. The molecule has 4 fully saturated rings. The molecule has 0 spiro atoms. The molecule has 20 heavy (non-hydrogen) atoms. The average Bonchev–Trinajstić information content (AvgIpc) is 3.19. The first-order valence-corrected chi connectivity index (χ1v) is 8.17. The van der Waals surface area contributed by atoms with Crippen molar-refractivity contribution >= 4 is 5.91 Å². The van der Waals surface area contributed by atoms with E-state index in [1.807, 2.05) is 0 Å². The molecule has 4 saturated heterocycles. The van der Waals surface area contributed by atoms with E-state index in [0.29, 0.717) is 25.2 Å². The first-order chi connectivity index (χ1) is 9.83. The summed E-state index contributed by atoms with van der Waals surface area (Å²) in [6, 6.07) is 1.29. The highest BCUT2D eigenvalue weighted by molar-refractivity contribution is 5.78. The summed E-state index contributed by atoms with van der Waals surface area (Å²) in [5.74, 6) is 1.77. The molecule has 0 saturated carbocycles. The summed E-state index contributed by atoms with van der Waals surface area (Å²) in [6.45, 7) is 4.44. The molecule has 2 N–H and O–H groups in total. The van der Waals surface area contributed by atoms with Crippen LogP contribution < -0.4 is 10.6 Å². The second kappa shape index (κ2) is 5.28. The van der Waals surface area contributed by atoms with Crippen LogP contribution in [-0.2, 0) is 9.53 Å². The van der Waals surface area contributed by atoms with Gasteiger partial charge >= 0.3 is 0 Å². The van der Waals surface area contributed by atoms with Crippen molar-refractivity contribution in [3.8, 4) is 0 Å². The fraction of sp³-hybridized carbons (Fsp3) is 0.933. The minimum atomic E-state index is 0.185. The van der Waals surface area contributed by atoms with Gasteiger partial charge in [-0.25, -0.2) is 0 Å². The molecule has 4 aliphatic rings. The first kappa shape index (κ1) is 13.0. The lowest BCUT2D eigenvalue weighted by Crippen LogP contribution is -2.43. The Morgan fingerprint density at radius 2 is 1.95 bits per heavy atom. The molecular formula is C15H25N3O2. The maximum atomic E-state index is 12.2. The van der Waals surface area contributed by atoms with Crippen LogP contribution in [0.3, 0.4) is 0 Å². The zero-order chi connectivity index (χ0) is 13.5. The SMILES string of the molecule is O=C(CN1[C@@H]2CC[C@H]1[C@H]1CNC[C@H]12)NCC1CCCO1. The molecule has 0 aromatic carbocycles. The topological polar surface area (TPSA) is 53.6 Å². The highest BCUT2D eigenvalue weighted by Gasteiger charge is 2.54. The van der Waals surface area contributed by atoms with Gasteiger partial charge in [0.25, 0.3) is 0 Å². The Labute approximate surface area is 120 Å². The van der Waals surface area contributed by atoms with Crippen molar-refractivity contribution in [3.05, 3.63) is 0 Å². The number of hydrogen-bond donors (Lipinski definition) is 2. The number of hydrogen-bond acceptors (Lipinski definition) is 4. The Morgan fingerprint density at radius 1 is 1.20 bits per heavy atom. The summed E-state index contributed by atoms with van der Waals surface area (Å²) in [5, 5.41) is 6.58. The zero-order valence-electron chi connectivity index (χ0n) is 12.0. The molecule has 0 aliphatic carbocycles. The molecule has 4 rings (SSSR count). The second-order valence-corrected chi connectivity index (χ2v) is 6.81. The normalized spacial score (nSPS) is 43.1. The molecule has 0 radical (unpaired) electrons. The van der Waals surface area contributed by atoms with Gasteiger partial charge in [0.05, 0.1) is 12.6 Å². The van der Waals surface area contributed by atoms with Crippen molar-refractivity contribution in [1.29, 1.82) is 0 Å². The van der Waals surface area contributed by atoms with Crippen LogP contribution in [0.4, 0.5) is 0 Å². The molecule has 0 aromatic heterocycles. The van der Waals surface area contributed by atoms with E-state index in [-0.39, 0.29) is 12.0 Å². The van der Waals surface area contributed by atoms with Gasteiger partial charge in [0.1, 0.15) is 0 Å². The third-order valence-corrected chi connectivity index (χ3v) is 5.79. The van der Waals surface area contributed by atoms with Crippen LogP contribution in [-0.4, -0.2) is 61.8 Å². The molecule has 1 amide bonds. The molecule has 5 atom stereocenters. The highest BCUT2D eigenvalue weighted by atomic mass is 16.5. The van der Waals surface area contributed by atoms with E-state index in [1.54, 1.807) is 0 Å². The summed E-state index contributed by atoms with van der Waals surface area (Å²) < 4.78 is 5.55. The highest BCUT2D eigenvalue weighted by Crippen LogP contribution is 2.46. The number of carbonyl (C=O) groups excluding carboxylic acids is 1. The van der Waals surface area contributed by atoms with Crippen LogP contribution in [0, 0.1) is 11.8 Å². The van der Waals surface area contributed by atoms with E-state index < -0.39 is 0 Å². The molecule has 112 valence electrons. The van der Waals surface area contributed by atoms with Crippen molar-refractivity contribution in [2.24, 2.45) is 11.8 Å². The lowest BCUT2D eigenvalue weighted by atomic mass is 9.82. The van der Waals surface area contributed by atoms with E-state index in [2.05, 4.69) is 15.5 Å². The third-order valence-electron chi connectivity index (χ3n) is 5.79. The van der Waals surface area contributed by atoms with Crippen LogP contribution in [0.5, 0.6) is 0 Å². The quantitative estimate of drug-likeness (QED) is 0.758. The number of carbonyl (C=O) groups is 1. The summed E-state index contributed by atoms with van der Waals surface area (Å²) in [6.07, 6.45) is 5.04. The van der Waals surface area contributed by atoms with Crippen molar-refractivity contribution in [2.45, 2.75) is 43.9 Å². The Hall–Kier alpha value is -0.650. The van der Waals surface area contributed by atoms with Gasteiger partial charge in [-0.3, -0.25) is 9.69 Å². The largest absolute Gasteiger partial charge is 0.376 e. The van der Waals surface area contributed by atoms with Gasteiger partial charge in [0, 0.05) is 25.2 Å². The van der Waals surface area contributed by atoms with Crippen LogP contribution in [0.25, 0.3) is 0 Å². The van der Waals surface area contributed by atoms with Crippen molar-refractivity contribution in [3.63, 3.8) is 0 Å². The Balaban J connectivity index is 1.30. The Morgan fingerprint density at radius 3 is 2.60 bits per heavy atom. The molecule has 0 aromatic rings. The molecule has 1 unspecified atom stereocenters. The molecule has 5 nitrogen and oxygen atoms in total. The minimum Gasteiger partial charge on any atom is -0.376 e.